The van der Waals surface area contributed by atoms with E-state index in [4.69, 9.17) is 9.52 Å². The van der Waals surface area contributed by atoms with Crippen molar-refractivity contribution >= 4 is 16.9 Å². The summed E-state index contributed by atoms with van der Waals surface area (Å²) in [5.41, 5.74) is -0.264. The molecule has 0 saturated heterocycles. The molecule has 0 aliphatic rings. The summed E-state index contributed by atoms with van der Waals surface area (Å²) in [5.74, 6) is -1.19. The molecule has 5 nitrogen and oxygen atoms in total. The fourth-order valence-electron chi connectivity index (χ4n) is 1.48. The summed E-state index contributed by atoms with van der Waals surface area (Å²) < 4.78 is 5.19. The van der Waals surface area contributed by atoms with Gasteiger partial charge in [-0.1, -0.05) is 6.07 Å². The lowest BCUT2D eigenvalue weighted by Gasteiger charge is -2.01. The molecule has 5 heteroatoms. The maximum atomic E-state index is 11.6. The van der Waals surface area contributed by atoms with E-state index in [0.717, 1.165) is 6.07 Å². The van der Waals surface area contributed by atoms with Crippen LogP contribution in [0.5, 0.6) is 5.75 Å². The molecule has 0 saturated carbocycles. The van der Waals surface area contributed by atoms with E-state index >= 15 is 0 Å². The molecule has 16 heavy (non-hydrogen) atoms. The SMILES string of the molecule is O=C(O)Cc1cc(=O)c2c(O)cccc2o1. The van der Waals surface area contributed by atoms with Crippen molar-refractivity contribution < 1.29 is 19.4 Å². The maximum Gasteiger partial charge on any atom is 0.311 e. The summed E-state index contributed by atoms with van der Waals surface area (Å²) in [7, 11) is 0. The number of carbonyl (C=O) groups is 1. The van der Waals surface area contributed by atoms with Crippen molar-refractivity contribution in [3.63, 3.8) is 0 Å². The number of hydrogen-bond donors (Lipinski definition) is 2. The van der Waals surface area contributed by atoms with E-state index < -0.39 is 11.4 Å². The minimum absolute atomic E-state index is 0.0654. The minimum Gasteiger partial charge on any atom is -0.507 e. The fourth-order valence-corrected chi connectivity index (χ4v) is 1.48. The van der Waals surface area contributed by atoms with E-state index in [2.05, 4.69) is 0 Å². The number of aromatic hydroxyl groups is 1. The van der Waals surface area contributed by atoms with Crippen LogP contribution in [0.4, 0.5) is 0 Å². The molecule has 0 aliphatic heterocycles. The summed E-state index contributed by atoms with van der Waals surface area (Å²) in [4.78, 5) is 22.1. The first-order valence-corrected chi connectivity index (χ1v) is 4.54. The lowest BCUT2D eigenvalue weighted by molar-refractivity contribution is -0.136. The van der Waals surface area contributed by atoms with Gasteiger partial charge in [-0.05, 0) is 12.1 Å². The average Bonchev–Trinajstić information content (AvgIpc) is 2.15. The zero-order valence-corrected chi connectivity index (χ0v) is 8.14. The number of aliphatic carboxylic acids is 1. The summed E-state index contributed by atoms with van der Waals surface area (Å²) >= 11 is 0. The van der Waals surface area contributed by atoms with Crippen LogP contribution in [-0.2, 0) is 11.2 Å². The molecule has 0 fully saturated rings. The Bertz CT molecular complexity index is 611. The van der Waals surface area contributed by atoms with Crippen LogP contribution in [0.3, 0.4) is 0 Å². The second-order valence-corrected chi connectivity index (χ2v) is 3.30. The first-order valence-electron chi connectivity index (χ1n) is 4.54. The molecule has 1 aromatic heterocycles. The van der Waals surface area contributed by atoms with Crippen molar-refractivity contribution in [2.45, 2.75) is 6.42 Å². The summed E-state index contributed by atoms with van der Waals surface area (Å²) in [6.45, 7) is 0. The van der Waals surface area contributed by atoms with Gasteiger partial charge in [0.05, 0.1) is 0 Å². The summed E-state index contributed by atoms with van der Waals surface area (Å²) in [6, 6.07) is 5.47. The third-order valence-electron chi connectivity index (χ3n) is 2.11. The van der Waals surface area contributed by atoms with Crippen molar-refractivity contribution in [3.8, 4) is 5.75 Å². The standard InChI is InChI=1S/C11H8O5/c12-7-2-1-3-9-11(7)8(13)4-6(16-9)5-10(14)15/h1-4,12H,5H2,(H,14,15). The van der Waals surface area contributed by atoms with Gasteiger partial charge in [-0.15, -0.1) is 0 Å². The summed E-state index contributed by atoms with van der Waals surface area (Å²) in [5, 5.41) is 18.1. The van der Waals surface area contributed by atoms with Gasteiger partial charge in [-0.3, -0.25) is 9.59 Å². The number of phenols is 1. The molecule has 2 aromatic rings. The van der Waals surface area contributed by atoms with E-state index in [1.165, 1.54) is 18.2 Å². The molecule has 1 aromatic carbocycles. The highest BCUT2D eigenvalue weighted by Gasteiger charge is 2.10. The predicted molar refractivity (Wildman–Crippen MR) is 55.5 cm³/mol. The highest BCUT2D eigenvalue weighted by molar-refractivity contribution is 5.83. The zero-order valence-electron chi connectivity index (χ0n) is 8.14. The van der Waals surface area contributed by atoms with Gasteiger partial charge in [-0.25, -0.2) is 0 Å². The van der Waals surface area contributed by atoms with E-state index in [1.54, 1.807) is 0 Å². The molecule has 1 heterocycles. The Morgan fingerprint density at radius 3 is 2.81 bits per heavy atom. The van der Waals surface area contributed by atoms with Crippen molar-refractivity contribution in [3.05, 3.63) is 40.2 Å². The number of rotatable bonds is 2. The Labute approximate surface area is 89.6 Å². The zero-order chi connectivity index (χ0) is 11.7. The van der Waals surface area contributed by atoms with Crippen molar-refractivity contribution in [1.82, 2.24) is 0 Å². The Balaban J connectivity index is 2.69. The van der Waals surface area contributed by atoms with Crippen LogP contribution in [0.15, 0.2) is 33.5 Å². The van der Waals surface area contributed by atoms with Gasteiger partial charge >= 0.3 is 5.97 Å². The number of hydrogen-bond acceptors (Lipinski definition) is 4. The molecule has 0 spiro atoms. The van der Waals surface area contributed by atoms with Crippen LogP contribution in [0, 0.1) is 0 Å². The molecule has 0 bridgehead atoms. The topological polar surface area (TPSA) is 87.7 Å². The summed E-state index contributed by atoms with van der Waals surface area (Å²) in [6.07, 6.45) is -0.360. The Hall–Kier alpha value is -2.30. The minimum atomic E-state index is -1.08. The molecular formula is C11H8O5. The highest BCUT2D eigenvalue weighted by Crippen LogP contribution is 2.21. The third-order valence-corrected chi connectivity index (χ3v) is 2.11. The lowest BCUT2D eigenvalue weighted by atomic mass is 10.2. The second kappa shape index (κ2) is 3.69. The van der Waals surface area contributed by atoms with Gasteiger partial charge in [0.1, 0.15) is 28.9 Å². The molecule has 2 rings (SSSR count). The van der Waals surface area contributed by atoms with Crippen LogP contribution in [0.2, 0.25) is 0 Å². The molecule has 0 aliphatic carbocycles. The lowest BCUT2D eigenvalue weighted by Crippen LogP contribution is -2.06. The molecule has 0 radical (unpaired) electrons. The molecule has 0 atom stereocenters. The van der Waals surface area contributed by atoms with Crippen LogP contribution >= 0.6 is 0 Å². The fraction of sp³-hybridized carbons (Fsp3) is 0.0909. The van der Waals surface area contributed by atoms with Crippen LogP contribution < -0.4 is 5.43 Å². The van der Waals surface area contributed by atoms with Gasteiger partial charge in [0.2, 0.25) is 0 Å². The van der Waals surface area contributed by atoms with Crippen molar-refractivity contribution in [2.75, 3.05) is 0 Å². The van der Waals surface area contributed by atoms with Crippen LogP contribution in [0.1, 0.15) is 5.76 Å². The van der Waals surface area contributed by atoms with E-state index in [1.807, 2.05) is 0 Å². The molecule has 0 unspecified atom stereocenters. The number of benzene rings is 1. The molecule has 82 valence electrons. The van der Waals surface area contributed by atoms with E-state index in [9.17, 15) is 14.7 Å². The quantitative estimate of drug-likeness (QED) is 0.791. The smallest absolute Gasteiger partial charge is 0.311 e. The number of fused-ring (bicyclic) bond motifs is 1. The third kappa shape index (κ3) is 1.75. The van der Waals surface area contributed by atoms with E-state index in [0.29, 0.717) is 0 Å². The first kappa shape index (κ1) is 10.2. The molecule has 2 N–H and O–H groups in total. The number of phenolic OH excluding ortho intramolecular Hbond substituents is 1. The van der Waals surface area contributed by atoms with Gasteiger partial charge in [0.25, 0.3) is 0 Å². The Morgan fingerprint density at radius 1 is 1.38 bits per heavy atom. The van der Waals surface area contributed by atoms with Gasteiger partial charge in [-0.2, -0.15) is 0 Å². The normalized spacial score (nSPS) is 10.5. The largest absolute Gasteiger partial charge is 0.507 e. The molecular weight excluding hydrogens is 212 g/mol. The van der Waals surface area contributed by atoms with Gasteiger partial charge < -0.3 is 14.6 Å². The predicted octanol–water partition coefficient (Wildman–Crippen LogP) is 1.13. The number of carboxylic acids is 1. The Kier molecular flexibility index (Phi) is 2.36. The van der Waals surface area contributed by atoms with E-state index in [-0.39, 0.29) is 28.9 Å². The van der Waals surface area contributed by atoms with Gasteiger partial charge in [0, 0.05) is 6.07 Å². The second-order valence-electron chi connectivity index (χ2n) is 3.30. The Morgan fingerprint density at radius 2 is 2.12 bits per heavy atom. The van der Waals surface area contributed by atoms with Crippen LogP contribution in [-0.4, -0.2) is 16.2 Å². The monoisotopic (exact) mass is 220 g/mol. The average molecular weight is 220 g/mol. The first-order chi connectivity index (χ1) is 7.58. The number of carboxylic acid groups (broad SMARTS) is 1. The van der Waals surface area contributed by atoms with Crippen molar-refractivity contribution in [2.24, 2.45) is 0 Å². The van der Waals surface area contributed by atoms with Crippen molar-refractivity contribution in [1.29, 1.82) is 0 Å². The highest BCUT2D eigenvalue weighted by atomic mass is 16.4. The van der Waals surface area contributed by atoms with Crippen LogP contribution in [0.25, 0.3) is 11.0 Å². The maximum absolute atomic E-state index is 11.6. The molecule has 0 amide bonds. The van der Waals surface area contributed by atoms with Gasteiger partial charge in [0.15, 0.2) is 5.43 Å².